The number of nitrogens with zero attached hydrogens (tertiary/aromatic N) is 1. The number of carbonyl (C=O) groups excluding carboxylic acids is 2. The fraction of sp³-hybridized carbons (Fsp3) is 0.222. The molecule has 2 rings (SSSR count). The van der Waals surface area contributed by atoms with Crippen LogP contribution < -0.4 is 19.9 Å². The Morgan fingerprint density at radius 2 is 1.61 bits per heavy atom. The van der Waals surface area contributed by atoms with Gasteiger partial charge in [-0.3, -0.25) is 14.9 Å². The van der Waals surface area contributed by atoms with E-state index in [9.17, 15) is 19.7 Å². The zero-order valence-corrected chi connectivity index (χ0v) is 15.4. The zero-order valence-electron chi connectivity index (χ0n) is 15.4. The van der Waals surface area contributed by atoms with Gasteiger partial charge in [0.05, 0.1) is 37.4 Å². The van der Waals surface area contributed by atoms with Gasteiger partial charge in [-0.05, 0) is 24.3 Å². The highest BCUT2D eigenvalue weighted by molar-refractivity contribution is 5.93. The lowest BCUT2D eigenvalue weighted by atomic mass is 10.1. The summed E-state index contributed by atoms with van der Waals surface area (Å²) in [5.74, 6) is -0.744. The molecular formula is C18H18N2O8. The molecular weight excluding hydrogens is 372 g/mol. The Kier molecular flexibility index (Phi) is 6.38. The van der Waals surface area contributed by atoms with Gasteiger partial charge >= 0.3 is 5.97 Å². The summed E-state index contributed by atoms with van der Waals surface area (Å²) in [6.07, 6.45) is 0. The summed E-state index contributed by atoms with van der Waals surface area (Å²) >= 11 is 0. The van der Waals surface area contributed by atoms with Crippen molar-refractivity contribution in [3.05, 3.63) is 57.1 Å². The summed E-state index contributed by atoms with van der Waals surface area (Å²) in [4.78, 5) is 34.1. The minimum atomic E-state index is -0.802. The van der Waals surface area contributed by atoms with Gasteiger partial charge in [-0.2, -0.15) is 0 Å². The lowest BCUT2D eigenvalue weighted by Gasteiger charge is -2.14. The number of esters is 1. The van der Waals surface area contributed by atoms with Gasteiger partial charge in [0.1, 0.15) is 6.61 Å². The molecule has 0 unspecified atom stereocenters. The monoisotopic (exact) mass is 390 g/mol. The Balaban J connectivity index is 2.27. The fourth-order valence-electron chi connectivity index (χ4n) is 2.43. The minimum Gasteiger partial charge on any atom is -0.493 e. The van der Waals surface area contributed by atoms with Gasteiger partial charge in [0, 0.05) is 11.6 Å². The molecule has 0 aliphatic rings. The Morgan fingerprint density at radius 3 is 2.07 bits per heavy atom. The van der Waals surface area contributed by atoms with Crippen molar-refractivity contribution < 1.29 is 33.5 Å². The fourth-order valence-corrected chi connectivity index (χ4v) is 2.43. The molecule has 28 heavy (non-hydrogen) atoms. The van der Waals surface area contributed by atoms with E-state index < -0.39 is 16.8 Å². The van der Waals surface area contributed by atoms with Crippen LogP contribution in [-0.2, 0) is 11.3 Å². The summed E-state index contributed by atoms with van der Waals surface area (Å²) in [6, 6.07) is 6.45. The normalized spacial score (nSPS) is 10.1. The molecule has 2 aromatic carbocycles. The van der Waals surface area contributed by atoms with Gasteiger partial charge in [0.15, 0.2) is 11.5 Å². The molecule has 0 aliphatic carbocycles. The summed E-state index contributed by atoms with van der Waals surface area (Å²) in [5, 5.41) is 11.2. The second-order valence-electron chi connectivity index (χ2n) is 5.45. The number of amides is 1. The molecule has 0 atom stereocenters. The average Bonchev–Trinajstić information content (AvgIpc) is 2.70. The van der Waals surface area contributed by atoms with E-state index in [-0.39, 0.29) is 40.5 Å². The van der Waals surface area contributed by atoms with Crippen LogP contribution in [0.15, 0.2) is 30.3 Å². The van der Waals surface area contributed by atoms with Crippen molar-refractivity contribution in [1.82, 2.24) is 0 Å². The Hall–Kier alpha value is -3.82. The Bertz CT molecular complexity index is 901. The topological polar surface area (TPSA) is 140 Å². The first-order valence-electron chi connectivity index (χ1n) is 7.86. The molecule has 10 heteroatoms. The molecule has 0 saturated carbocycles. The number of primary amides is 1. The largest absolute Gasteiger partial charge is 0.493 e. The van der Waals surface area contributed by atoms with Gasteiger partial charge in [-0.25, -0.2) is 4.79 Å². The highest BCUT2D eigenvalue weighted by Crippen LogP contribution is 2.38. The van der Waals surface area contributed by atoms with Crippen molar-refractivity contribution >= 4 is 17.6 Å². The van der Waals surface area contributed by atoms with E-state index in [1.54, 1.807) is 0 Å². The first kappa shape index (κ1) is 20.5. The van der Waals surface area contributed by atoms with Gasteiger partial charge in [0.2, 0.25) is 11.7 Å². The molecule has 0 spiro atoms. The minimum absolute atomic E-state index is 0.0218. The molecule has 148 valence electrons. The van der Waals surface area contributed by atoms with E-state index in [1.807, 2.05) is 0 Å². The van der Waals surface area contributed by atoms with Crippen molar-refractivity contribution in [2.24, 2.45) is 5.73 Å². The van der Waals surface area contributed by atoms with Crippen LogP contribution in [0.25, 0.3) is 0 Å². The van der Waals surface area contributed by atoms with Crippen LogP contribution >= 0.6 is 0 Å². The van der Waals surface area contributed by atoms with Crippen LogP contribution in [0, 0.1) is 10.1 Å². The molecule has 0 heterocycles. The number of benzene rings is 2. The molecule has 0 aliphatic heterocycles. The predicted octanol–water partition coefficient (Wildman–Crippen LogP) is 2.08. The van der Waals surface area contributed by atoms with E-state index in [1.165, 1.54) is 45.6 Å². The van der Waals surface area contributed by atoms with Crippen LogP contribution in [0.1, 0.15) is 26.3 Å². The Morgan fingerprint density at radius 1 is 1.00 bits per heavy atom. The van der Waals surface area contributed by atoms with E-state index in [2.05, 4.69) is 0 Å². The molecule has 0 fully saturated rings. The summed E-state index contributed by atoms with van der Waals surface area (Å²) in [5.41, 5.74) is 4.94. The van der Waals surface area contributed by atoms with Gasteiger partial charge in [0.25, 0.3) is 5.69 Å². The molecule has 0 saturated heterocycles. The second-order valence-corrected chi connectivity index (χ2v) is 5.45. The molecule has 0 radical (unpaired) electrons. The number of nitrogens with two attached hydrogens (primary N) is 1. The average molecular weight is 390 g/mol. The summed E-state index contributed by atoms with van der Waals surface area (Å²) in [7, 11) is 4.22. The number of rotatable bonds is 8. The standard InChI is InChI=1S/C18H18N2O8/c1-25-14-7-12(8-15(26-2)16(14)27-3)18(22)28-9-11-5-4-10(17(19)21)6-13(11)20(23)24/h4-8H,9H2,1-3H3,(H2,19,21). The quantitative estimate of drug-likeness (QED) is 0.410. The summed E-state index contributed by atoms with van der Waals surface area (Å²) < 4.78 is 20.7. The maximum absolute atomic E-state index is 12.4. The van der Waals surface area contributed by atoms with Crippen molar-refractivity contribution in [1.29, 1.82) is 0 Å². The zero-order chi connectivity index (χ0) is 20.8. The number of nitro benzene ring substituents is 1. The van der Waals surface area contributed by atoms with Crippen LogP contribution in [0.5, 0.6) is 17.2 Å². The highest BCUT2D eigenvalue weighted by Gasteiger charge is 2.21. The summed E-state index contributed by atoms with van der Waals surface area (Å²) in [6.45, 7) is -0.384. The molecule has 0 aromatic heterocycles. The Labute approximate surface area is 159 Å². The maximum atomic E-state index is 12.4. The number of methoxy groups -OCH3 is 3. The third kappa shape index (κ3) is 4.29. The molecule has 0 bridgehead atoms. The first-order valence-corrected chi connectivity index (χ1v) is 7.86. The number of carbonyl (C=O) groups is 2. The number of nitro groups is 1. The SMILES string of the molecule is COc1cc(C(=O)OCc2ccc(C(N)=O)cc2[N+](=O)[O-])cc(OC)c1OC. The molecule has 2 N–H and O–H groups in total. The number of hydrogen-bond acceptors (Lipinski definition) is 8. The second kappa shape index (κ2) is 8.71. The molecule has 2 aromatic rings. The van der Waals surface area contributed by atoms with Gasteiger partial charge in [-0.1, -0.05) is 0 Å². The van der Waals surface area contributed by atoms with Crippen molar-refractivity contribution in [2.75, 3.05) is 21.3 Å². The smallest absolute Gasteiger partial charge is 0.338 e. The van der Waals surface area contributed by atoms with Crippen molar-refractivity contribution in [3.8, 4) is 17.2 Å². The maximum Gasteiger partial charge on any atom is 0.338 e. The molecule has 10 nitrogen and oxygen atoms in total. The first-order chi connectivity index (χ1) is 13.3. The van der Waals surface area contributed by atoms with E-state index in [0.717, 1.165) is 6.07 Å². The van der Waals surface area contributed by atoms with E-state index in [4.69, 9.17) is 24.7 Å². The lowest BCUT2D eigenvalue weighted by Crippen LogP contribution is -2.12. The van der Waals surface area contributed by atoms with E-state index >= 15 is 0 Å². The predicted molar refractivity (Wildman–Crippen MR) is 96.8 cm³/mol. The lowest BCUT2D eigenvalue weighted by molar-refractivity contribution is -0.385. The third-order valence-electron chi connectivity index (χ3n) is 3.83. The third-order valence-corrected chi connectivity index (χ3v) is 3.83. The highest BCUT2D eigenvalue weighted by atomic mass is 16.6. The van der Waals surface area contributed by atoms with Gasteiger partial charge in [-0.15, -0.1) is 0 Å². The van der Waals surface area contributed by atoms with Gasteiger partial charge < -0.3 is 24.7 Å². The number of hydrogen-bond donors (Lipinski definition) is 1. The van der Waals surface area contributed by atoms with Crippen molar-refractivity contribution in [2.45, 2.75) is 6.61 Å². The van der Waals surface area contributed by atoms with Crippen LogP contribution in [0.4, 0.5) is 5.69 Å². The number of ether oxygens (including phenoxy) is 4. The van der Waals surface area contributed by atoms with Crippen LogP contribution in [0.3, 0.4) is 0 Å². The van der Waals surface area contributed by atoms with E-state index in [0.29, 0.717) is 5.75 Å². The van der Waals surface area contributed by atoms with Crippen LogP contribution in [-0.4, -0.2) is 38.1 Å². The van der Waals surface area contributed by atoms with Crippen molar-refractivity contribution in [3.63, 3.8) is 0 Å². The van der Waals surface area contributed by atoms with Crippen LogP contribution in [0.2, 0.25) is 0 Å². The molecule has 1 amide bonds.